The van der Waals surface area contributed by atoms with Crippen molar-refractivity contribution >= 4 is 17.5 Å². The van der Waals surface area contributed by atoms with E-state index in [1.807, 2.05) is 11.9 Å². The van der Waals surface area contributed by atoms with Crippen LogP contribution in [0.2, 0.25) is 0 Å². The van der Waals surface area contributed by atoms with Crippen molar-refractivity contribution in [3.63, 3.8) is 0 Å². The number of hydrogen-bond acceptors (Lipinski definition) is 5. The number of aromatic nitrogens is 3. The third kappa shape index (κ3) is 4.41. The smallest absolute Gasteiger partial charge is 0.247 e. The Morgan fingerprint density at radius 1 is 1.14 bits per heavy atom. The molecule has 0 fully saturated rings. The molecule has 0 radical (unpaired) electrons. The number of nitrogens with one attached hydrogen (secondary N) is 1. The number of benzene rings is 1. The minimum Gasteiger partial charge on any atom is -0.343 e. The zero-order valence-corrected chi connectivity index (χ0v) is 13.0. The SMILES string of the molecule is CCCCN(C)c1nncc(Nc2ccc(CC)cc2)n1. The largest absolute Gasteiger partial charge is 0.343 e. The van der Waals surface area contributed by atoms with Crippen molar-refractivity contribution in [1.82, 2.24) is 15.2 Å². The van der Waals surface area contributed by atoms with Crippen LogP contribution in [0.1, 0.15) is 32.3 Å². The highest BCUT2D eigenvalue weighted by Crippen LogP contribution is 2.16. The van der Waals surface area contributed by atoms with Gasteiger partial charge in [-0.15, -0.1) is 5.10 Å². The number of hydrogen-bond donors (Lipinski definition) is 1. The van der Waals surface area contributed by atoms with E-state index < -0.39 is 0 Å². The van der Waals surface area contributed by atoms with E-state index in [-0.39, 0.29) is 0 Å². The van der Waals surface area contributed by atoms with E-state index in [2.05, 4.69) is 58.6 Å². The third-order valence-electron chi connectivity index (χ3n) is 3.37. The van der Waals surface area contributed by atoms with Gasteiger partial charge in [0.1, 0.15) is 0 Å². The topological polar surface area (TPSA) is 53.9 Å². The lowest BCUT2D eigenvalue weighted by Gasteiger charge is -2.16. The van der Waals surface area contributed by atoms with E-state index in [1.54, 1.807) is 6.20 Å². The molecule has 2 aromatic rings. The predicted molar refractivity (Wildman–Crippen MR) is 87.1 cm³/mol. The molecule has 21 heavy (non-hydrogen) atoms. The van der Waals surface area contributed by atoms with Crippen LogP contribution in [-0.4, -0.2) is 28.8 Å². The van der Waals surface area contributed by atoms with Crippen LogP contribution in [0.15, 0.2) is 30.5 Å². The Kier molecular flexibility index (Phi) is 5.49. The molecule has 0 saturated heterocycles. The predicted octanol–water partition coefficient (Wildman–Crippen LogP) is 3.41. The highest BCUT2D eigenvalue weighted by atomic mass is 15.3. The maximum absolute atomic E-state index is 4.50. The summed E-state index contributed by atoms with van der Waals surface area (Å²) in [6.07, 6.45) is 4.96. The average molecular weight is 285 g/mol. The minimum absolute atomic E-state index is 0.652. The van der Waals surface area contributed by atoms with Gasteiger partial charge < -0.3 is 10.2 Å². The molecule has 0 aliphatic heterocycles. The van der Waals surface area contributed by atoms with Gasteiger partial charge in [0, 0.05) is 19.3 Å². The van der Waals surface area contributed by atoms with Crippen LogP contribution in [0, 0.1) is 0 Å². The standard InChI is InChI=1S/C16H23N5/c1-4-6-11-21(3)16-19-15(12-17-20-16)18-14-9-7-13(5-2)8-10-14/h7-10,12H,4-6,11H2,1-3H3,(H,18,19,20). The molecule has 0 unspecified atom stereocenters. The molecule has 5 nitrogen and oxygen atoms in total. The van der Waals surface area contributed by atoms with Crippen molar-refractivity contribution in [3.8, 4) is 0 Å². The van der Waals surface area contributed by atoms with E-state index >= 15 is 0 Å². The molecule has 1 aromatic heterocycles. The zero-order valence-electron chi connectivity index (χ0n) is 13.0. The normalized spacial score (nSPS) is 10.4. The molecule has 2 rings (SSSR count). The summed E-state index contributed by atoms with van der Waals surface area (Å²) in [6, 6.07) is 8.35. The average Bonchev–Trinajstić information content (AvgIpc) is 2.53. The molecule has 1 heterocycles. The monoisotopic (exact) mass is 285 g/mol. The highest BCUT2D eigenvalue weighted by molar-refractivity contribution is 5.56. The quantitative estimate of drug-likeness (QED) is 0.845. The van der Waals surface area contributed by atoms with Crippen molar-refractivity contribution in [2.24, 2.45) is 0 Å². The first kappa shape index (κ1) is 15.2. The molecule has 5 heteroatoms. The Morgan fingerprint density at radius 2 is 1.90 bits per heavy atom. The second-order valence-electron chi connectivity index (χ2n) is 5.09. The molecule has 0 aliphatic carbocycles. The van der Waals surface area contributed by atoms with Gasteiger partial charge in [-0.25, -0.2) is 0 Å². The van der Waals surface area contributed by atoms with Crippen molar-refractivity contribution in [2.45, 2.75) is 33.1 Å². The van der Waals surface area contributed by atoms with E-state index in [0.717, 1.165) is 31.5 Å². The van der Waals surface area contributed by atoms with E-state index in [9.17, 15) is 0 Å². The van der Waals surface area contributed by atoms with Crippen LogP contribution in [0.4, 0.5) is 17.5 Å². The van der Waals surface area contributed by atoms with Gasteiger partial charge in [0.2, 0.25) is 5.95 Å². The van der Waals surface area contributed by atoms with Crippen LogP contribution >= 0.6 is 0 Å². The van der Waals surface area contributed by atoms with Crippen molar-refractivity contribution in [1.29, 1.82) is 0 Å². The fourth-order valence-corrected chi connectivity index (χ4v) is 1.98. The summed E-state index contributed by atoms with van der Waals surface area (Å²) in [6.45, 7) is 5.26. The fraction of sp³-hybridized carbons (Fsp3) is 0.438. The first-order valence-electron chi connectivity index (χ1n) is 7.49. The van der Waals surface area contributed by atoms with Crippen LogP contribution in [0.5, 0.6) is 0 Å². The molecule has 0 atom stereocenters. The molecular formula is C16H23N5. The van der Waals surface area contributed by atoms with Gasteiger partial charge in [-0.05, 0) is 30.5 Å². The number of rotatable bonds is 7. The minimum atomic E-state index is 0.652. The van der Waals surface area contributed by atoms with Gasteiger partial charge in [0.25, 0.3) is 0 Å². The molecular weight excluding hydrogens is 262 g/mol. The van der Waals surface area contributed by atoms with E-state index in [4.69, 9.17) is 0 Å². The number of aryl methyl sites for hydroxylation is 1. The third-order valence-corrected chi connectivity index (χ3v) is 3.37. The second-order valence-corrected chi connectivity index (χ2v) is 5.09. The van der Waals surface area contributed by atoms with Gasteiger partial charge in [0.05, 0.1) is 6.20 Å². The number of unbranched alkanes of at least 4 members (excludes halogenated alkanes) is 1. The molecule has 1 N–H and O–H groups in total. The Balaban J connectivity index is 2.06. The summed E-state index contributed by atoms with van der Waals surface area (Å²) in [7, 11) is 1.99. The maximum Gasteiger partial charge on any atom is 0.247 e. The molecule has 1 aromatic carbocycles. The fourth-order valence-electron chi connectivity index (χ4n) is 1.98. The second kappa shape index (κ2) is 7.57. The summed E-state index contributed by atoms with van der Waals surface area (Å²) in [5.74, 6) is 1.37. The molecule has 0 aliphatic rings. The van der Waals surface area contributed by atoms with Crippen molar-refractivity contribution in [3.05, 3.63) is 36.0 Å². The first-order valence-corrected chi connectivity index (χ1v) is 7.49. The molecule has 0 saturated carbocycles. The van der Waals surface area contributed by atoms with Gasteiger partial charge in [-0.3, -0.25) is 0 Å². The van der Waals surface area contributed by atoms with Crippen LogP contribution in [0.25, 0.3) is 0 Å². The Labute approximate surface area is 126 Å². The van der Waals surface area contributed by atoms with Gasteiger partial charge in [0.15, 0.2) is 5.82 Å². The summed E-state index contributed by atoms with van der Waals surface area (Å²) >= 11 is 0. The van der Waals surface area contributed by atoms with E-state index in [0.29, 0.717) is 11.8 Å². The summed E-state index contributed by atoms with van der Waals surface area (Å²) in [5.41, 5.74) is 2.33. The van der Waals surface area contributed by atoms with Crippen LogP contribution in [0.3, 0.4) is 0 Å². The highest BCUT2D eigenvalue weighted by Gasteiger charge is 2.06. The number of anilines is 3. The molecule has 112 valence electrons. The maximum atomic E-state index is 4.50. The number of nitrogens with zero attached hydrogens (tertiary/aromatic N) is 4. The Hall–Kier alpha value is -2.17. The first-order chi connectivity index (χ1) is 10.2. The zero-order chi connectivity index (χ0) is 15.1. The van der Waals surface area contributed by atoms with Gasteiger partial charge in [-0.1, -0.05) is 32.4 Å². The molecule has 0 bridgehead atoms. The molecule has 0 amide bonds. The summed E-state index contributed by atoms with van der Waals surface area (Å²) in [4.78, 5) is 6.53. The van der Waals surface area contributed by atoms with Gasteiger partial charge in [-0.2, -0.15) is 10.1 Å². The van der Waals surface area contributed by atoms with Crippen molar-refractivity contribution in [2.75, 3.05) is 23.8 Å². The summed E-state index contributed by atoms with van der Waals surface area (Å²) < 4.78 is 0. The van der Waals surface area contributed by atoms with Crippen molar-refractivity contribution < 1.29 is 0 Å². The van der Waals surface area contributed by atoms with E-state index in [1.165, 1.54) is 5.56 Å². The lowest BCUT2D eigenvalue weighted by atomic mass is 10.1. The van der Waals surface area contributed by atoms with Crippen LogP contribution in [-0.2, 0) is 6.42 Å². The van der Waals surface area contributed by atoms with Crippen LogP contribution < -0.4 is 10.2 Å². The Morgan fingerprint density at radius 3 is 2.57 bits per heavy atom. The van der Waals surface area contributed by atoms with Gasteiger partial charge >= 0.3 is 0 Å². The Bertz CT molecular complexity index is 553. The lowest BCUT2D eigenvalue weighted by Crippen LogP contribution is -2.21. The lowest BCUT2D eigenvalue weighted by molar-refractivity contribution is 0.741. The summed E-state index contributed by atoms with van der Waals surface area (Å²) in [5, 5.41) is 11.4. The molecule has 0 spiro atoms.